The smallest absolute Gasteiger partial charge is 0.267 e. The number of amides is 2. The molecule has 0 radical (unpaired) electrons. The normalized spacial score (nSPS) is 15.7. The number of carbonyl (C=O) groups excluding carboxylic acids is 2. The fraction of sp³-hybridized carbons (Fsp3) is 0.333. The molecule has 0 bridgehead atoms. The van der Waals surface area contributed by atoms with E-state index < -0.39 is 6.10 Å². The maximum atomic E-state index is 12.6. The van der Waals surface area contributed by atoms with E-state index in [1.807, 2.05) is 30.3 Å². The van der Waals surface area contributed by atoms with Crippen LogP contribution in [0.3, 0.4) is 0 Å². The molecule has 0 aromatic heterocycles. The molecule has 1 N–H and O–H groups in total. The zero-order valence-electron chi connectivity index (χ0n) is 15.6. The van der Waals surface area contributed by atoms with Gasteiger partial charge in [-0.25, -0.2) is 0 Å². The van der Waals surface area contributed by atoms with Crippen molar-refractivity contribution in [1.29, 1.82) is 0 Å². The quantitative estimate of drug-likeness (QED) is 0.758. The fourth-order valence-electron chi connectivity index (χ4n) is 2.89. The van der Waals surface area contributed by atoms with E-state index in [1.165, 1.54) is 0 Å². The van der Waals surface area contributed by atoms with E-state index in [1.54, 1.807) is 36.9 Å². The standard InChI is InChI=1S/C21H24N2O4/c1-3-20(24)22-16-10-11-19-18(14-16)23(21(25)15(2)27-19)12-7-13-26-17-8-5-4-6-9-17/h4-6,8-11,14-15H,3,7,12-13H2,1-2H3,(H,22,24). The Morgan fingerprint density at radius 1 is 1.22 bits per heavy atom. The molecule has 2 aromatic rings. The predicted octanol–water partition coefficient (Wildman–Crippen LogP) is 3.62. The van der Waals surface area contributed by atoms with E-state index in [4.69, 9.17) is 9.47 Å². The van der Waals surface area contributed by atoms with Crippen LogP contribution in [0.1, 0.15) is 26.7 Å². The molecule has 1 aliphatic rings. The molecule has 0 fully saturated rings. The summed E-state index contributed by atoms with van der Waals surface area (Å²) >= 11 is 0. The number of carbonyl (C=O) groups is 2. The molecule has 6 nitrogen and oxygen atoms in total. The number of fused-ring (bicyclic) bond motifs is 1. The lowest BCUT2D eigenvalue weighted by atomic mass is 10.1. The number of rotatable bonds is 7. The zero-order chi connectivity index (χ0) is 19.2. The number of nitrogens with zero attached hydrogens (tertiary/aromatic N) is 1. The molecule has 2 aromatic carbocycles. The van der Waals surface area contributed by atoms with Crippen LogP contribution < -0.4 is 19.7 Å². The first-order chi connectivity index (χ1) is 13.1. The minimum absolute atomic E-state index is 0.0748. The molecule has 27 heavy (non-hydrogen) atoms. The topological polar surface area (TPSA) is 67.9 Å². The Morgan fingerprint density at radius 2 is 2.00 bits per heavy atom. The summed E-state index contributed by atoms with van der Waals surface area (Å²) in [6.45, 7) is 4.55. The van der Waals surface area contributed by atoms with Crippen LogP contribution in [0.5, 0.6) is 11.5 Å². The van der Waals surface area contributed by atoms with Gasteiger partial charge in [-0.1, -0.05) is 25.1 Å². The highest BCUT2D eigenvalue weighted by atomic mass is 16.5. The lowest BCUT2D eigenvalue weighted by Crippen LogP contribution is -2.45. The van der Waals surface area contributed by atoms with Crippen LogP contribution in [0.15, 0.2) is 48.5 Å². The van der Waals surface area contributed by atoms with Crippen molar-refractivity contribution in [2.75, 3.05) is 23.4 Å². The summed E-state index contributed by atoms with van der Waals surface area (Å²) in [5.74, 6) is 1.28. The molecular formula is C21H24N2O4. The second-order valence-corrected chi connectivity index (χ2v) is 6.35. The van der Waals surface area contributed by atoms with Crippen LogP contribution in [0.25, 0.3) is 0 Å². The average molecular weight is 368 g/mol. The Kier molecular flexibility index (Phi) is 5.96. The summed E-state index contributed by atoms with van der Waals surface area (Å²) in [6.07, 6.45) is 0.534. The van der Waals surface area contributed by atoms with E-state index >= 15 is 0 Å². The van der Waals surface area contributed by atoms with Crippen LogP contribution in [-0.4, -0.2) is 31.1 Å². The van der Waals surface area contributed by atoms with Gasteiger partial charge in [0.25, 0.3) is 5.91 Å². The summed E-state index contributed by atoms with van der Waals surface area (Å²) in [4.78, 5) is 26.0. The van der Waals surface area contributed by atoms with Gasteiger partial charge in [0, 0.05) is 18.7 Å². The molecule has 6 heteroatoms. The highest BCUT2D eigenvalue weighted by Gasteiger charge is 2.31. The minimum Gasteiger partial charge on any atom is -0.494 e. The molecule has 1 atom stereocenters. The average Bonchev–Trinajstić information content (AvgIpc) is 2.69. The van der Waals surface area contributed by atoms with Gasteiger partial charge in [-0.2, -0.15) is 0 Å². The van der Waals surface area contributed by atoms with E-state index in [0.717, 1.165) is 5.75 Å². The van der Waals surface area contributed by atoms with Crippen LogP contribution in [-0.2, 0) is 9.59 Å². The van der Waals surface area contributed by atoms with Crippen molar-refractivity contribution in [3.8, 4) is 11.5 Å². The maximum absolute atomic E-state index is 12.6. The first kappa shape index (κ1) is 18.8. The number of benzene rings is 2. The largest absolute Gasteiger partial charge is 0.494 e. The van der Waals surface area contributed by atoms with Crippen molar-refractivity contribution in [3.05, 3.63) is 48.5 Å². The van der Waals surface area contributed by atoms with E-state index in [9.17, 15) is 9.59 Å². The number of anilines is 2. The molecule has 0 saturated heterocycles. The molecule has 3 rings (SSSR count). The fourth-order valence-corrected chi connectivity index (χ4v) is 2.89. The van der Waals surface area contributed by atoms with Gasteiger partial charge in [-0.15, -0.1) is 0 Å². The monoisotopic (exact) mass is 368 g/mol. The van der Waals surface area contributed by atoms with Gasteiger partial charge in [-0.3, -0.25) is 9.59 Å². The Bertz CT molecular complexity index is 807. The van der Waals surface area contributed by atoms with Gasteiger partial charge in [0.1, 0.15) is 11.5 Å². The van der Waals surface area contributed by atoms with Crippen LogP contribution in [0.2, 0.25) is 0 Å². The van der Waals surface area contributed by atoms with Crippen molar-refractivity contribution < 1.29 is 19.1 Å². The zero-order valence-corrected chi connectivity index (χ0v) is 15.6. The number of hydrogen-bond donors (Lipinski definition) is 1. The summed E-state index contributed by atoms with van der Waals surface area (Å²) in [5.41, 5.74) is 1.32. The van der Waals surface area contributed by atoms with Gasteiger partial charge in [0.2, 0.25) is 5.91 Å². The van der Waals surface area contributed by atoms with Crippen molar-refractivity contribution in [1.82, 2.24) is 0 Å². The highest BCUT2D eigenvalue weighted by molar-refractivity contribution is 6.01. The summed E-state index contributed by atoms with van der Waals surface area (Å²) < 4.78 is 11.4. The predicted molar refractivity (Wildman–Crippen MR) is 104 cm³/mol. The van der Waals surface area contributed by atoms with Gasteiger partial charge >= 0.3 is 0 Å². The van der Waals surface area contributed by atoms with Crippen molar-refractivity contribution in [3.63, 3.8) is 0 Å². The van der Waals surface area contributed by atoms with Gasteiger partial charge in [0.05, 0.1) is 12.3 Å². The maximum Gasteiger partial charge on any atom is 0.267 e. The highest BCUT2D eigenvalue weighted by Crippen LogP contribution is 2.36. The van der Waals surface area contributed by atoms with E-state index in [0.29, 0.717) is 43.1 Å². The molecule has 1 heterocycles. The molecule has 0 aliphatic carbocycles. The molecular weight excluding hydrogens is 344 g/mol. The molecule has 0 saturated carbocycles. The first-order valence-corrected chi connectivity index (χ1v) is 9.18. The Labute approximate surface area is 159 Å². The first-order valence-electron chi connectivity index (χ1n) is 9.18. The van der Waals surface area contributed by atoms with Crippen LogP contribution in [0, 0.1) is 0 Å². The van der Waals surface area contributed by atoms with E-state index in [-0.39, 0.29) is 11.8 Å². The summed E-state index contributed by atoms with van der Waals surface area (Å²) in [6, 6.07) is 14.9. The Balaban J connectivity index is 1.69. The Morgan fingerprint density at radius 3 is 2.74 bits per heavy atom. The second kappa shape index (κ2) is 8.58. The van der Waals surface area contributed by atoms with Crippen molar-refractivity contribution >= 4 is 23.2 Å². The van der Waals surface area contributed by atoms with Crippen LogP contribution >= 0.6 is 0 Å². The van der Waals surface area contributed by atoms with Gasteiger partial charge in [-0.05, 0) is 43.7 Å². The molecule has 142 valence electrons. The van der Waals surface area contributed by atoms with Crippen molar-refractivity contribution in [2.45, 2.75) is 32.8 Å². The van der Waals surface area contributed by atoms with E-state index in [2.05, 4.69) is 5.32 Å². The third-order valence-electron chi connectivity index (χ3n) is 4.31. The SMILES string of the molecule is CCC(=O)Nc1ccc2c(c1)N(CCCOc1ccccc1)C(=O)C(C)O2. The minimum atomic E-state index is -0.538. The lowest BCUT2D eigenvalue weighted by molar-refractivity contribution is -0.125. The summed E-state index contributed by atoms with van der Waals surface area (Å²) in [5, 5.41) is 2.82. The van der Waals surface area contributed by atoms with Crippen LogP contribution in [0.4, 0.5) is 11.4 Å². The summed E-state index contributed by atoms with van der Waals surface area (Å²) in [7, 11) is 0. The third kappa shape index (κ3) is 4.58. The second-order valence-electron chi connectivity index (χ2n) is 6.35. The van der Waals surface area contributed by atoms with Crippen molar-refractivity contribution in [2.24, 2.45) is 0 Å². The lowest BCUT2D eigenvalue weighted by Gasteiger charge is -2.33. The molecule has 1 unspecified atom stereocenters. The van der Waals surface area contributed by atoms with Gasteiger partial charge < -0.3 is 19.7 Å². The third-order valence-corrected chi connectivity index (χ3v) is 4.31. The van der Waals surface area contributed by atoms with Gasteiger partial charge in [0.15, 0.2) is 6.10 Å². The number of ether oxygens (including phenoxy) is 2. The molecule has 1 aliphatic heterocycles. The molecule has 2 amide bonds. The number of nitrogens with one attached hydrogen (secondary N) is 1. The number of hydrogen-bond acceptors (Lipinski definition) is 4. The number of para-hydroxylation sites is 1. The Hall–Kier alpha value is -3.02. The molecule has 0 spiro atoms.